The molecule has 0 bridgehead atoms. The van der Waals surface area contributed by atoms with E-state index in [0.717, 1.165) is 45.6 Å². The highest BCUT2D eigenvalue weighted by molar-refractivity contribution is 5.80. The summed E-state index contributed by atoms with van der Waals surface area (Å²) >= 11 is 0. The molecule has 3 aliphatic heterocycles. The van der Waals surface area contributed by atoms with Crippen LogP contribution in [0.2, 0.25) is 0 Å². The molecule has 0 spiro atoms. The van der Waals surface area contributed by atoms with Gasteiger partial charge in [0.05, 0.1) is 12.0 Å². The van der Waals surface area contributed by atoms with Crippen molar-refractivity contribution in [2.24, 2.45) is 17.8 Å². The molecule has 0 radical (unpaired) electrons. The Bertz CT molecular complexity index is 296. The van der Waals surface area contributed by atoms with E-state index in [1.807, 2.05) is 0 Å². The average molecular weight is 238 g/mol. The van der Waals surface area contributed by atoms with Gasteiger partial charge in [-0.1, -0.05) is 6.92 Å². The van der Waals surface area contributed by atoms with Crippen molar-refractivity contribution < 1.29 is 9.53 Å². The second kappa shape index (κ2) is 4.58. The Morgan fingerprint density at radius 3 is 2.71 bits per heavy atom. The van der Waals surface area contributed by atoms with Gasteiger partial charge in [0.15, 0.2) is 0 Å². The van der Waals surface area contributed by atoms with Gasteiger partial charge in [0.2, 0.25) is 5.91 Å². The number of hydrogen-bond acceptors (Lipinski definition) is 3. The topological polar surface area (TPSA) is 41.6 Å². The van der Waals surface area contributed by atoms with Crippen LogP contribution >= 0.6 is 0 Å². The van der Waals surface area contributed by atoms with E-state index in [4.69, 9.17) is 4.74 Å². The molecule has 4 nitrogen and oxygen atoms in total. The monoisotopic (exact) mass is 238 g/mol. The first-order valence-electron chi connectivity index (χ1n) is 6.90. The molecule has 3 fully saturated rings. The summed E-state index contributed by atoms with van der Waals surface area (Å²) in [6, 6.07) is 0. The van der Waals surface area contributed by atoms with Crippen molar-refractivity contribution in [3.05, 3.63) is 0 Å². The van der Waals surface area contributed by atoms with Crippen LogP contribution in [0.1, 0.15) is 19.8 Å². The lowest BCUT2D eigenvalue weighted by Crippen LogP contribution is -2.39. The standard InChI is InChI=1S/C13H22N2O2/c1-2-12-11(3-4-17-12)13(16)15-7-9-5-14-6-10(9)8-15/h9-12,14H,2-8H2,1H3/t9-,10+,11?,12?. The Morgan fingerprint density at radius 1 is 1.35 bits per heavy atom. The van der Waals surface area contributed by atoms with E-state index < -0.39 is 0 Å². The van der Waals surface area contributed by atoms with E-state index in [1.54, 1.807) is 0 Å². The van der Waals surface area contributed by atoms with Gasteiger partial charge in [-0.05, 0) is 24.7 Å². The SMILES string of the molecule is CCC1OCCC1C(=O)N1C[C@H]2CNC[C@H]2C1. The van der Waals surface area contributed by atoms with Gasteiger partial charge >= 0.3 is 0 Å². The van der Waals surface area contributed by atoms with Crippen LogP contribution in [-0.4, -0.2) is 49.7 Å². The Hall–Kier alpha value is -0.610. The number of amides is 1. The number of fused-ring (bicyclic) bond motifs is 1. The average Bonchev–Trinajstić information content (AvgIpc) is 3.02. The number of rotatable bonds is 2. The summed E-state index contributed by atoms with van der Waals surface area (Å²) in [6.07, 6.45) is 2.04. The highest BCUT2D eigenvalue weighted by atomic mass is 16.5. The van der Waals surface area contributed by atoms with Crippen molar-refractivity contribution in [2.75, 3.05) is 32.8 Å². The van der Waals surface area contributed by atoms with Gasteiger partial charge in [-0.3, -0.25) is 4.79 Å². The maximum atomic E-state index is 12.5. The molecule has 3 aliphatic rings. The van der Waals surface area contributed by atoms with Crippen molar-refractivity contribution in [3.63, 3.8) is 0 Å². The Morgan fingerprint density at radius 2 is 2.06 bits per heavy atom. The molecule has 4 atom stereocenters. The van der Waals surface area contributed by atoms with Crippen LogP contribution in [0.3, 0.4) is 0 Å². The van der Waals surface area contributed by atoms with Crippen LogP contribution in [-0.2, 0) is 9.53 Å². The second-order valence-corrected chi connectivity index (χ2v) is 5.63. The first-order valence-corrected chi connectivity index (χ1v) is 6.90. The fraction of sp³-hybridized carbons (Fsp3) is 0.923. The van der Waals surface area contributed by atoms with Crippen LogP contribution in [0.4, 0.5) is 0 Å². The molecule has 0 saturated carbocycles. The fourth-order valence-electron chi connectivity index (χ4n) is 3.60. The van der Waals surface area contributed by atoms with Gasteiger partial charge < -0.3 is 15.0 Å². The third-order valence-electron chi connectivity index (χ3n) is 4.63. The normalized spacial score (nSPS) is 40.9. The molecule has 17 heavy (non-hydrogen) atoms. The third-order valence-corrected chi connectivity index (χ3v) is 4.63. The number of hydrogen-bond donors (Lipinski definition) is 1. The minimum Gasteiger partial charge on any atom is -0.377 e. The number of ether oxygens (including phenoxy) is 1. The van der Waals surface area contributed by atoms with Gasteiger partial charge in [-0.15, -0.1) is 0 Å². The molecule has 4 heteroatoms. The van der Waals surface area contributed by atoms with E-state index in [-0.39, 0.29) is 12.0 Å². The van der Waals surface area contributed by atoms with Gasteiger partial charge in [0.25, 0.3) is 0 Å². The van der Waals surface area contributed by atoms with Gasteiger partial charge in [-0.25, -0.2) is 0 Å². The van der Waals surface area contributed by atoms with E-state index in [1.165, 1.54) is 0 Å². The summed E-state index contributed by atoms with van der Waals surface area (Å²) < 4.78 is 5.63. The lowest BCUT2D eigenvalue weighted by Gasteiger charge is -2.24. The summed E-state index contributed by atoms with van der Waals surface area (Å²) in [5.74, 6) is 1.87. The molecule has 3 saturated heterocycles. The van der Waals surface area contributed by atoms with Crippen LogP contribution in [0, 0.1) is 17.8 Å². The molecule has 3 heterocycles. The molecule has 0 aromatic rings. The Kier molecular flexibility index (Phi) is 3.09. The summed E-state index contributed by atoms with van der Waals surface area (Å²) in [5, 5.41) is 3.41. The summed E-state index contributed by atoms with van der Waals surface area (Å²) in [4.78, 5) is 14.6. The van der Waals surface area contributed by atoms with Gasteiger partial charge in [0.1, 0.15) is 0 Å². The number of carbonyl (C=O) groups is 1. The number of likely N-dealkylation sites (tertiary alicyclic amines) is 1. The maximum absolute atomic E-state index is 12.5. The van der Waals surface area contributed by atoms with Crippen LogP contribution in [0.15, 0.2) is 0 Å². The number of carbonyl (C=O) groups excluding carboxylic acids is 1. The summed E-state index contributed by atoms with van der Waals surface area (Å²) in [5.41, 5.74) is 0. The third kappa shape index (κ3) is 1.97. The highest BCUT2D eigenvalue weighted by Gasteiger charge is 2.42. The minimum atomic E-state index is 0.131. The van der Waals surface area contributed by atoms with Gasteiger partial charge in [-0.2, -0.15) is 0 Å². The summed E-state index contributed by atoms with van der Waals surface area (Å²) in [7, 11) is 0. The molecule has 0 aliphatic carbocycles. The lowest BCUT2D eigenvalue weighted by atomic mass is 9.98. The molecular formula is C13H22N2O2. The molecule has 0 aromatic carbocycles. The zero-order valence-electron chi connectivity index (χ0n) is 10.5. The van der Waals surface area contributed by atoms with Crippen molar-refractivity contribution in [1.29, 1.82) is 0 Å². The van der Waals surface area contributed by atoms with Crippen molar-refractivity contribution in [3.8, 4) is 0 Å². The van der Waals surface area contributed by atoms with Crippen LogP contribution in [0.25, 0.3) is 0 Å². The maximum Gasteiger partial charge on any atom is 0.228 e. The zero-order chi connectivity index (χ0) is 11.8. The first-order chi connectivity index (χ1) is 8.29. The zero-order valence-corrected chi connectivity index (χ0v) is 10.5. The van der Waals surface area contributed by atoms with Crippen LogP contribution < -0.4 is 5.32 Å². The molecule has 2 unspecified atom stereocenters. The van der Waals surface area contributed by atoms with Crippen molar-refractivity contribution in [2.45, 2.75) is 25.9 Å². The smallest absolute Gasteiger partial charge is 0.228 e. The quantitative estimate of drug-likeness (QED) is 0.761. The van der Waals surface area contributed by atoms with Crippen molar-refractivity contribution in [1.82, 2.24) is 10.2 Å². The number of nitrogens with zero attached hydrogens (tertiary/aromatic N) is 1. The minimum absolute atomic E-state index is 0.131. The molecular weight excluding hydrogens is 216 g/mol. The van der Waals surface area contributed by atoms with E-state index in [2.05, 4.69) is 17.1 Å². The Labute approximate surface area is 103 Å². The Balaban J connectivity index is 1.63. The fourth-order valence-corrected chi connectivity index (χ4v) is 3.60. The van der Waals surface area contributed by atoms with Crippen LogP contribution in [0.5, 0.6) is 0 Å². The molecule has 96 valence electrons. The van der Waals surface area contributed by atoms with Crippen molar-refractivity contribution >= 4 is 5.91 Å². The molecule has 3 rings (SSSR count). The summed E-state index contributed by atoms with van der Waals surface area (Å²) in [6.45, 7) is 6.97. The number of nitrogens with one attached hydrogen (secondary N) is 1. The van der Waals surface area contributed by atoms with E-state index >= 15 is 0 Å². The second-order valence-electron chi connectivity index (χ2n) is 5.63. The largest absolute Gasteiger partial charge is 0.377 e. The molecule has 0 aromatic heterocycles. The predicted octanol–water partition coefficient (Wildman–Crippen LogP) is 0.479. The van der Waals surface area contributed by atoms with Gasteiger partial charge in [0, 0.05) is 32.8 Å². The molecule has 1 amide bonds. The highest BCUT2D eigenvalue weighted by Crippen LogP contribution is 2.31. The lowest BCUT2D eigenvalue weighted by molar-refractivity contribution is -0.136. The predicted molar refractivity (Wildman–Crippen MR) is 64.6 cm³/mol. The first kappa shape index (κ1) is 11.5. The molecule has 1 N–H and O–H groups in total. The van der Waals surface area contributed by atoms with E-state index in [0.29, 0.717) is 17.7 Å². The van der Waals surface area contributed by atoms with E-state index in [9.17, 15) is 4.79 Å².